The highest BCUT2D eigenvalue weighted by molar-refractivity contribution is 6.39. The Kier molecular flexibility index (Phi) is 5.54. The number of barbiturate groups is 1. The van der Waals surface area contributed by atoms with Gasteiger partial charge in [0.2, 0.25) is 0 Å². The van der Waals surface area contributed by atoms with Crippen LogP contribution in [-0.2, 0) is 14.4 Å². The lowest BCUT2D eigenvalue weighted by Gasteiger charge is -2.26. The number of carbonyl (C=O) groups excluding carboxylic acids is 3. The van der Waals surface area contributed by atoms with E-state index in [0.717, 1.165) is 12.1 Å². The average molecular weight is 411 g/mol. The molecule has 1 heterocycles. The first kappa shape index (κ1) is 20.2. The van der Waals surface area contributed by atoms with Gasteiger partial charge in [-0.05, 0) is 24.3 Å². The van der Waals surface area contributed by atoms with Crippen molar-refractivity contribution in [3.05, 3.63) is 69.8 Å². The lowest BCUT2D eigenvalue weighted by atomic mass is 10.1. The number of nitrogens with one attached hydrogen (secondary N) is 1. The van der Waals surface area contributed by atoms with E-state index < -0.39 is 40.9 Å². The van der Waals surface area contributed by atoms with Gasteiger partial charge in [-0.15, -0.1) is 0 Å². The Morgan fingerprint density at radius 2 is 1.80 bits per heavy atom. The lowest BCUT2D eigenvalue weighted by molar-refractivity contribution is -0.384. The molecule has 4 amide bonds. The number of hydrogen-bond donors (Lipinski definition) is 2. The third-order valence-electron chi connectivity index (χ3n) is 3.99. The Hall–Kier alpha value is -4.54. The lowest BCUT2D eigenvalue weighted by Crippen LogP contribution is -2.54. The summed E-state index contributed by atoms with van der Waals surface area (Å²) in [4.78, 5) is 58.9. The number of hydrogen-bond acceptors (Lipinski definition) is 7. The fourth-order valence-electron chi connectivity index (χ4n) is 2.64. The number of carboxylic acid groups (broad SMARTS) is 1. The van der Waals surface area contributed by atoms with Gasteiger partial charge >= 0.3 is 12.0 Å². The van der Waals surface area contributed by atoms with Crippen LogP contribution in [-0.4, -0.2) is 40.5 Å². The van der Waals surface area contributed by atoms with Gasteiger partial charge in [0, 0.05) is 17.7 Å². The zero-order chi connectivity index (χ0) is 21.8. The van der Waals surface area contributed by atoms with Gasteiger partial charge < -0.3 is 9.84 Å². The molecule has 0 saturated carbocycles. The summed E-state index contributed by atoms with van der Waals surface area (Å²) in [7, 11) is 0. The molecule has 152 valence electrons. The summed E-state index contributed by atoms with van der Waals surface area (Å²) in [5.74, 6) is -2.99. The number of nitro benzene ring substituents is 1. The molecule has 1 aliphatic heterocycles. The number of nitro groups is 1. The number of benzene rings is 2. The maximum Gasteiger partial charge on any atom is 0.341 e. The minimum Gasteiger partial charge on any atom is -0.481 e. The quantitative estimate of drug-likeness (QED) is 0.315. The third kappa shape index (κ3) is 4.14. The second-order valence-electron chi connectivity index (χ2n) is 5.95. The van der Waals surface area contributed by atoms with Crippen molar-refractivity contribution < 1.29 is 33.9 Å². The molecular formula is C19H13N3O8. The summed E-state index contributed by atoms with van der Waals surface area (Å²) >= 11 is 0. The number of aliphatic carboxylic acids is 1. The molecule has 0 bridgehead atoms. The minimum atomic E-state index is -1.21. The Morgan fingerprint density at radius 1 is 1.13 bits per heavy atom. The van der Waals surface area contributed by atoms with E-state index in [1.165, 1.54) is 30.3 Å². The van der Waals surface area contributed by atoms with E-state index in [-0.39, 0.29) is 22.7 Å². The van der Waals surface area contributed by atoms with E-state index in [9.17, 15) is 29.3 Å². The second kappa shape index (κ2) is 8.22. The number of carbonyl (C=O) groups is 4. The van der Waals surface area contributed by atoms with Crippen LogP contribution in [0.5, 0.6) is 5.75 Å². The summed E-state index contributed by atoms with van der Waals surface area (Å²) in [6.45, 7) is -0.631. The number of urea groups is 1. The van der Waals surface area contributed by atoms with Gasteiger partial charge in [0.1, 0.15) is 11.3 Å². The van der Waals surface area contributed by atoms with Crippen molar-refractivity contribution in [1.82, 2.24) is 5.32 Å². The van der Waals surface area contributed by atoms with Gasteiger partial charge in [-0.1, -0.05) is 18.2 Å². The summed E-state index contributed by atoms with van der Waals surface area (Å²) in [5.41, 5.74) is -0.369. The average Bonchev–Trinajstić information content (AvgIpc) is 2.70. The number of para-hydroxylation sites is 1. The first-order chi connectivity index (χ1) is 14.3. The van der Waals surface area contributed by atoms with Crippen molar-refractivity contribution in [3.8, 4) is 5.75 Å². The monoisotopic (exact) mass is 411 g/mol. The van der Waals surface area contributed by atoms with E-state index in [1.807, 2.05) is 5.32 Å². The predicted octanol–water partition coefficient (Wildman–Crippen LogP) is 1.72. The van der Waals surface area contributed by atoms with Crippen LogP contribution < -0.4 is 15.0 Å². The summed E-state index contributed by atoms with van der Waals surface area (Å²) in [6.07, 6.45) is 1.17. The summed E-state index contributed by atoms with van der Waals surface area (Å²) in [5, 5.41) is 21.6. The van der Waals surface area contributed by atoms with E-state index in [2.05, 4.69) is 0 Å². The van der Waals surface area contributed by atoms with Gasteiger partial charge in [-0.25, -0.2) is 14.5 Å². The van der Waals surface area contributed by atoms with E-state index in [4.69, 9.17) is 9.84 Å². The van der Waals surface area contributed by atoms with Gasteiger partial charge in [0.05, 0.1) is 10.6 Å². The van der Waals surface area contributed by atoms with E-state index in [0.29, 0.717) is 4.90 Å². The fourth-order valence-corrected chi connectivity index (χ4v) is 2.64. The van der Waals surface area contributed by atoms with E-state index >= 15 is 0 Å². The molecule has 0 radical (unpaired) electrons. The smallest absolute Gasteiger partial charge is 0.341 e. The van der Waals surface area contributed by atoms with Crippen molar-refractivity contribution >= 4 is 41.3 Å². The van der Waals surface area contributed by atoms with Crippen molar-refractivity contribution in [1.29, 1.82) is 0 Å². The molecule has 30 heavy (non-hydrogen) atoms. The van der Waals surface area contributed by atoms with Crippen molar-refractivity contribution in [2.24, 2.45) is 0 Å². The molecule has 0 unspecified atom stereocenters. The first-order valence-electron chi connectivity index (χ1n) is 8.37. The minimum absolute atomic E-state index is 0.0249. The van der Waals surface area contributed by atoms with Crippen molar-refractivity contribution in [3.63, 3.8) is 0 Å². The molecule has 2 aromatic rings. The Morgan fingerprint density at radius 3 is 2.43 bits per heavy atom. The topological polar surface area (TPSA) is 156 Å². The molecule has 2 aromatic carbocycles. The number of nitrogens with zero attached hydrogens (tertiary/aromatic N) is 2. The number of anilines is 1. The normalized spacial score (nSPS) is 15.1. The van der Waals surface area contributed by atoms with Gasteiger partial charge in [-0.2, -0.15) is 0 Å². The molecule has 11 heteroatoms. The van der Waals surface area contributed by atoms with Crippen LogP contribution in [0.3, 0.4) is 0 Å². The SMILES string of the molecule is O=C(O)COc1ccccc1/C=C1\C(=O)NC(=O)N(c2ccc([N+](=O)[O-])cc2)C1=O. The number of carboxylic acids is 1. The molecule has 11 nitrogen and oxygen atoms in total. The number of ether oxygens (including phenoxy) is 1. The highest BCUT2D eigenvalue weighted by Crippen LogP contribution is 2.26. The van der Waals surface area contributed by atoms with Gasteiger partial charge in [0.15, 0.2) is 6.61 Å². The molecule has 0 atom stereocenters. The Balaban J connectivity index is 1.97. The van der Waals surface area contributed by atoms with Crippen LogP contribution in [0.15, 0.2) is 54.1 Å². The Bertz CT molecular complexity index is 1090. The standard InChI is InChI=1S/C19H13N3O8/c23-16(24)10-30-15-4-2-1-3-11(15)9-14-17(25)20-19(27)21(18(14)26)12-5-7-13(8-6-12)22(28)29/h1-9H,10H2,(H,23,24)(H,20,25,27)/b14-9+. The predicted molar refractivity (Wildman–Crippen MR) is 102 cm³/mol. The molecule has 1 aliphatic rings. The Labute approximate surface area is 168 Å². The third-order valence-corrected chi connectivity index (χ3v) is 3.99. The maximum absolute atomic E-state index is 12.9. The van der Waals surface area contributed by atoms with Crippen LogP contribution >= 0.6 is 0 Å². The zero-order valence-corrected chi connectivity index (χ0v) is 15.1. The molecule has 0 spiro atoms. The molecule has 0 aromatic heterocycles. The van der Waals surface area contributed by atoms with Crippen LogP contribution in [0.25, 0.3) is 6.08 Å². The van der Waals surface area contributed by atoms with Crippen LogP contribution in [0.2, 0.25) is 0 Å². The van der Waals surface area contributed by atoms with Crippen LogP contribution in [0, 0.1) is 10.1 Å². The van der Waals surface area contributed by atoms with Crippen LogP contribution in [0.1, 0.15) is 5.56 Å². The maximum atomic E-state index is 12.9. The number of non-ortho nitro benzene ring substituents is 1. The second-order valence-corrected chi connectivity index (χ2v) is 5.95. The largest absolute Gasteiger partial charge is 0.481 e. The highest BCUT2D eigenvalue weighted by atomic mass is 16.6. The van der Waals surface area contributed by atoms with Crippen LogP contribution in [0.4, 0.5) is 16.2 Å². The molecule has 1 fully saturated rings. The van der Waals surface area contributed by atoms with Gasteiger partial charge in [0.25, 0.3) is 17.5 Å². The van der Waals surface area contributed by atoms with Crippen molar-refractivity contribution in [2.45, 2.75) is 0 Å². The molecular weight excluding hydrogens is 398 g/mol. The van der Waals surface area contributed by atoms with Gasteiger partial charge in [-0.3, -0.25) is 25.0 Å². The molecule has 2 N–H and O–H groups in total. The summed E-state index contributed by atoms with van der Waals surface area (Å²) in [6, 6.07) is 9.75. The first-order valence-corrected chi connectivity index (χ1v) is 8.37. The molecule has 1 saturated heterocycles. The highest BCUT2D eigenvalue weighted by Gasteiger charge is 2.37. The zero-order valence-electron chi connectivity index (χ0n) is 15.1. The number of amides is 4. The van der Waals surface area contributed by atoms with Crippen molar-refractivity contribution in [2.75, 3.05) is 11.5 Å². The molecule has 0 aliphatic carbocycles. The summed E-state index contributed by atoms with van der Waals surface area (Å²) < 4.78 is 5.15. The number of imide groups is 2. The fraction of sp³-hybridized carbons (Fsp3) is 0.0526. The molecule has 3 rings (SSSR count). The number of rotatable bonds is 6. The van der Waals surface area contributed by atoms with E-state index in [1.54, 1.807) is 12.1 Å².